The summed E-state index contributed by atoms with van der Waals surface area (Å²) >= 11 is 12.3. The molecule has 180 valence electrons. The van der Waals surface area contributed by atoms with Gasteiger partial charge in [-0.15, -0.1) is 0 Å². The van der Waals surface area contributed by atoms with Crippen molar-refractivity contribution in [1.29, 1.82) is 0 Å². The van der Waals surface area contributed by atoms with E-state index in [0.717, 1.165) is 11.1 Å². The Morgan fingerprint density at radius 3 is 2.29 bits per heavy atom. The lowest BCUT2D eigenvalue weighted by Gasteiger charge is -2.26. The molecule has 1 atom stereocenters. The number of carbonyl (C=O) groups is 2. The van der Waals surface area contributed by atoms with Gasteiger partial charge in [-0.25, -0.2) is 0 Å². The molecule has 2 N–H and O–H groups in total. The average Bonchev–Trinajstić information content (AvgIpc) is 3.05. The van der Waals surface area contributed by atoms with Gasteiger partial charge in [0.15, 0.2) is 0 Å². The molecule has 4 rings (SSSR count). The lowest BCUT2D eigenvalue weighted by molar-refractivity contribution is -0.132. The van der Waals surface area contributed by atoms with Gasteiger partial charge in [-0.3, -0.25) is 14.5 Å². The number of amides is 1. The number of aliphatic hydroxyl groups excluding tert-OH is 1. The standard InChI is InChI=1S/C28H25Cl2NO4/c1-15-8-9-17(28(2,3)4)13-20(15)25(33)23-24(16-6-5-7-19(32)12-16)31(27(35)26(23)34)18-10-11-21(29)22(30)14-18/h5-14,24,32-33H,1-4H3/b25-23+. The Kier molecular flexibility index (Phi) is 6.43. The van der Waals surface area contributed by atoms with Crippen LogP contribution in [0.25, 0.3) is 5.76 Å². The number of aromatic hydroxyl groups is 1. The van der Waals surface area contributed by atoms with Crippen LogP contribution in [0.3, 0.4) is 0 Å². The van der Waals surface area contributed by atoms with Crippen molar-refractivity contribution in [2.75, 3.05) is 4.90 Å². The number of carbonyl (C=O) groups excluding carboxylic acids is 2. The van der Waals surface area contributed by atoms with E-state index in [4.69, 9.17) is 23.2 Å². The van der Waals surface area contributed by atoms with Crippen LogP contribution in [0.15, 0.2) is 66.2 Å². The Labute approximate surface area is 214 Å². The zero-order valence-electron chi connectivity index (χ0n) is 19.8. The third kappa shape index (κ3) is 4.54. The van der Waals surface area contributed by atoms with Crippen molar-refractivity contribution >= 4 is 46.3 Å². The molecule has 3 aromatic carbocycles. The largest absolute Gasteiger partial charge is 0.508 e. The molecule has 7 heteroatoms. The van der Waals surface area contributed by atoms with Gasteiger partial charge in [-0.1, -0.05) is 68.2 Å². The van der Waals surface area contributed by atoms with Crippen LogP contribution in [-0.2, 0) is 15.0 Å². The molecule has 1 fully saturated rings. The number of benzene rings is 3. The zero-order valence-corrected chi connectivity index (χ0v) is 21.3. The predicted octanol–water partition coefficient (Wildman–Crippen LogP) is 6.93. The second-order valence-electron chi connectivity index (χ2n) is 9.64. The summed E-state index contributed by atoms with van der Waals surface area (Å²) < 4.78 is 0. The number of aliphatic hydroxyl groups is 1. The number of phenols is 1. The summed E-state index contributed by atoms with van der Waals surface area (Å²) in [6.45, 7) is 7.99. The highest BCUT2D eigenvalue weighted by molar-refractivity contribution is 6.52. The molecule has 1 unspecified atom stereocenters. The summed E-state index contributed by atoms with van der Waals surface area (Å²) in [6, 6.07) is 15.6. The lowest BCUT2D eigenvalue weighted by Crippen LogP contribution is -2.29. The van der Waals surface area contributed by atoms with Crippen LogP contribution in [0.5, 0.6) is 5.75 Å². The minimum atomic E-state index is -0.989. The van der Waals surface area contributed by atoms with Crippen molar-refractivity contribution in [2.45, 2.75) is 39.2 Å². The van der Waals surface area contributed by atoms with Gasteiger partial charge < -0.3 is 10.2 Å². The Morgan fingerprint density at radius 2 is 1.66 bits per heavy atom. The quantitative estimate of drug-likeness (QED) is 0.228. The topological polar surface area (TPSA) is 77.8 Å². The summed E-state index contributed by atoms with van der Waals surface area (Å²) in [7, 11) is 0. The number of anilines is 1. The Morgan fingerprint density at radius 1 is 0.943 bits per heavy atom. The third-order valence-corrected chi connectivity index (χ3v) is 6.91. The number of hydrogen-bond donors (Lipinski definition) is 2. The smallest absolute Gasteiger partial charge is 0.300 e. The molecule has 1 amide bonds. The van der Waals surface area contributed by atoms with Gasteiger partial charge in [0.1, 0.15) is 11.5 Å². The third-order valence-electron chi connectivity index (χ3n) is 6.17. The van der Waals surface area contributed by atoms with Gasteiger partial charge in [0.05, 0.1) is 21.7 Å². The molecule has 5 nitrogen and oxygen atoms in total. The summed E-state index contributed by atoms with van der Waals surface area (Å²) in [4.78, 5) is 28.0. The molecule has 0 spiro atoms. The molecule has 0 bridgehead atoms. The maximum atomic E-state index is 13.4. The second-order valence-corrected chi connectivity index (χ2v) is 10.5. The van der Waals surface area contributed by atoms with E-state index in [-0.39, 0.29) is 27.5 Å². The normalized spacial score (nSPS) is 17.8. The molecule has 1 aliphatic rings. The van der Waals surface area contributed by atoms with Crippen LogP contribution in [0.4, 0.5) is 5.69 Å². The second kappa shape index (κ2) is 9.06. The van der Waals surface area contributed by atoms with E-state index in [1.54, 1.807) is 18.2 Å². The average molecular weight is 510 g/mol. The SMILES string of the molecule is Cc1ccc(C(C)(C)C)cc1/C(O)=C1\C(=O)C(=O)N(c2ccc(Cl)c(Cl)c2)C1c1cccc(O)c1. The van der Waals surface area contributed by atoms with Gasteiger partial charge in [0, 0.05) is 11.3 Å². The number of aryl methyl sites for hydroxylation is 1. The number of ketones is 1. The number of nitrogens with zero attached hydrogens (tertiary/aromatic N) is 1. The van der Waals surface area contributed by atoms with Crippen LogP contribution in [0, 0.1) is 6.92 Å². The van der Waals surface area contributed by atoms with Crippen molar-refractivity contribution in [2.24, 2.45) is 0 Å². The van der Waals surface area contributed by atoms with E-state index >= 15 is 0 Å². The summed E-state index contributed by atoms with van der Waals surface area (Å²) in [5.41, 5.74) is 2.73. The molecule has 1 heterocycles. The van der Waals surface area contributed by atoms with Crippen LogP contribution in [0.1, 0.15) is 49.1 Å². The first-order valence-electron chi connectivity index (χ1n) is 11.1. The maximum Gasteiger partial charge on any atom is 0.300 e. The molecule has 35 heavy (non-hydrogen) atoms. The van der Waals surface area contributed by atoms with Crippen molar-refractivity contribution in [1.82, 2.24) is 0 Å². The molecular weight excluding hydrogens is 485 g/mol. The maximum absolute atomic E-state index is 13.4. The van der Waals surface area contributed by atoms with E-state index in [0.29, 0.717) is 21.8 Å². The molecule has 0 aromatic heterocycles. The summed E-state index contributed by atoms with van der Waals surface area (Å²) in [5.74, 6) is -1.96. The Hall–Kier alpha value is -3.28. The fourth-order valence-electron chi connectivity index (χ4n) is 4.23. The van der Waals surface area contributed by atoms with Gasteiger partial charge in [0.25, 0.3) is 11.7 Å². The van der Waals surface area contributed by atoms with Crippen molar-refractivity contribution < 1.29 is 19.8 Å². The number of rotatable bonds is 3. The zero-order chi connectivity index (χ0) is 25.7. The molecule has 1 aliphatic heterocycles. The van der Waals surface area contributed by atoms with Crippen LogP contribution < -0.4 is 4.90 Å². The highest BCUT2D eigenvalue weighted by atomic mass is 35.5. The van der Waals surface area contributed by atoms with E-state index in [1.165, 1.54) is 29.2 Å². The van der Waals surface area contributed by atoms with Gasteiger partial charge in [-0.2, -0.15) is 0 Å². The highest BCUT2D eigenvalue weighted by Gasteiger charge is 2.47. The molecule has 3 aromatic rings. The fraction of sp³-hybridized carbons (Fsp3) is 0.214. The van der Waals surface area contributed by atoms with Crippen molar-refractivity contribution in [3.05, 3.63) is 98.5 Å². The van der Waals surface area contributed by atoms with Crippen molar-refractivity contribution in [3.8, 4) is 5.75 Å². The predicted molar refractivity (Wildman–Crippen MR) is 139 cm³/mol. The molecule has 0 aliphatic carbocycles. The van der Waals surface area contributed by atoms with Gasteiger partial charge in [0.2, 0.25) is 0 Å². The number of phenolic OH excluding ortho intramolecular Hbond substituents is 1. The number of halogens is 2. The van der Waals surface area contributed by atoms with E-state index in [1.807, 2.05) is 25.1 Å². The van der Waals surface area contributed by atoms with Crippen molar-refractivity contribution in [3.63, 3.8) is 0 Å². The Balaban J connectivity index is 2.00. The van der Waals surface area contributed by atoms with E-state index in [2.05, 4.69) is 20.8 Å². The number of hydrogen-bond acceptors (Lipinski definition) is 4. The molecular formula is C28H25Cl2NO4. The first-order chi connectivity index (χ1) is 16.4. The lowest BCUT2D eigenvalue weighted by atomic mass is 9.84. The van der Waals surface area contributed by atoms with Crippen LogP contribution in [0.2, 0.25) is 10.0 Å². The molecule has 0 radical (unpaired) electrons. The fourth-order valence-corrected chi connectivity index (χ4v) is 4.53. The highest BCUT2D eigenvalue weighted by Crippen LogP contribution is 2.44. The minimum absolute atomic E-state index is 0.0341. The first kappa shape index (κ1) is 24.8. The van der Waals surface area contributed by atoms with E-state index in [9.17, 15) is 19.8 Å². The van der Waals surface area contributed by atoms with Crippen LogP contribution in [-0.4, -0.2) is 21.9 Å². The first-order valence-corrected chi connectivity index (χ1v) is 11.8. The minimum Gasteiger partial charge on any atom is -0.508 e. The molecule has 1 saturated heterocycles. The molecule has 0 saturated carbocycles. The Bertz CT molecular complexity index is 1390. The number of Topliss-reactive ketones (excluding diaryl/α,β-unsaturated/α-hetero) is 1. The van der Waals surface area contributed by atoms with Crippen LogP contribution >= 0.6 is 23.2 Å². The summed E-state index contributed by atoms with van der Waals surface area (Å²) in [6.07, 6.45) is 0. The van der Waals surface area contributed by atoms with Gasteiger partial charge >= 0.3 is 0 Å². The monoisotopic (exact) mass is 509 g/mol. The summed E-state index contributed by atoms with van der Waals surface area (Å²) in [5, 5.41) is 22.2. The van der Waals surface area contributed by atoms with E-state index < -0.39 is 17.7 Å². The van der Waals surface area contributed by atoms with Gasteiger partial charge in [-0.05, 0) is 65.4 Å².